The molecule has 0 spiro atoms. The summed E-state index contributed by atoms with van der Waals surface area (Å²) in [5.41, 5.74) is 8.13. The van der Waals surface area contributed by atoms with Crippen LogP contribution in [0.25, 0.3) is 11.3 Å². The minimum atomic E-state index is -0.389. The van der Waals surface area contributed by atoms with Gasteiger partial charge in [-0.3, -0.25) is 14.5 Å². The number of ether oxygens (including phenoxy) is 1. The van der Waals surface area contributed by atoms with Gasteiger partial charge in [-0.1, -0.05) is 29.3 Å². The minimum absolute atomic E-state index is 0.0668. The smallest absolute Gasteiger partial charge is 0.224 e. The first kappa shape index (κ1) is 27.4. The number of rotatable bonds is 11. The van der Waals surface area contributed by atoms with E-state index in [1.54, 1.807) is 0 Å². The van der Waals surface area contributed by atoms with Crippen LogP contribution in [0.5, 0.6) is 5.75 Å². The molecule has 3 aromatic rings. The minimum Gasteiger partial charge on any atom is -0.494 e. The van der Waals surface area contributed by atoms with Crippen LogP contribution in [0.2, 0.25) is 10.0 Å². The van der Waals surface area contributed by atoms with Gasteiger partial charge in [0.2, 0.25) is 11.8 Å². The van der Waals surface area contributed by atoms with Crippen molar-refractivity contribution < 1.29 is 14.3 Å². The van der Waals surface area contributed by atoms with Gasteiger partial charge in [-0.2, -0.15) is 0 Å². The van der Waals surface area contributed by atoms with E-state index in [-0.39, 0.29) is 24.3 Å². The predicted molar refractivity (Wildman–Crippen MR) is 148 cm³/mol. The Kier molecular flexibility index (Phi) is 9.80. The van der Waals surface area contributed by atoms with Gasteiger partial charge in [0.25, 0.3) is 0 Å². The van der Waals surface area contributed by atoms with Crippen LogP contribution in [-0.4, -0.2) is 47.4 Å². The maximum Gasteiger partial charge on any atom is 0.224 e. The molecule has 0 aliphatic carbocycles. The highest BCUT2D eigenvalue weighted by molar-refractivity contribution is 7.10. The van der Waals surface area contributed by atoms with Crippen LogP contribution in [0.3, 0.4) is 0 Å². The molecule has 1 aliphatic rings. The highest BCUT2D eigenvalue weighted by atomic mass is 35.5. The molecule has 0 bridgehead atoms. The fraction of sp³-hybridized carbons (Fsp3) is 0.370. The van der Waals surface area contributed by atoms with Crippen molar-refractivity contribution in [3.63, 3.8) is 0 Å². The number of halogens is 2. The largest absolute Gasteiger partial charge is 0.494 e. The Morgan fingerprint density at radius 2 is 1.86 bits per heavy atom. The lowest BCUT2D eigenvalue weighted by Gasteiger charge is -2.32. The van der Waals surface area contributed by atoms with Gasteiger partial charge in [0.1, 0.15) is 10.8 Å². The lowest BCUT2D eigenvalue weighted by atomic mass is 10.0. The summed E-state index contributed by atoms with van der Waals surface area (Å²) in [7, 11) is 0. The standard InChI is InChI=1S/C27H30Cl2N4O3S/c28-22-8-3-18(14-23(22)29)16-33-11-9-20(10-12-33)31-26(35)2-1-13-36-21-6-4-19(5-7-21)24-17-37-27(32-24)15-25(30)34/h3-8,14,17,20H,1-2,9-13,15-16H2,(H2,30,34)(H,31,35). The average molecular weight is 562 g/mol. The SMILES string of the molecule is NC(=O)Cc1nc(-c2ccc(OCCCC(=O)NC3CCN(Cc4ccc(Cl)c(Cl)c4)CC3)cc2)cs1. The maximum atomic E-state index is 12.4. The van der Waals surface area contributed by atoms with Crippen molar-refractivity contribution in [1.29, 1.82) is 0 Å². The third-order valence-electron chi connectivity index (χ3n) is 6.19. The summed E-state index contributed by atoms with van der Waals surface area (Å²) in [6.45, 7) is 3.15. The fourth-order valence-electron chi connectivity index (χ4n) is 4.25. The highest BCUT2D eigenvalue weighted by Gasteiger charge is 2.20. The van der Waals surface area contributed by atoms with Crippen molar-refractivity contribution in [3.8, 4) is 17.0 Å². The van der Waals surface area contributed by atoms with Crippen LogP contribution in [0, 0.1) is 0 Å². The van der Waals surface area contributed by atoms with E-state index in [9.17, 15) is 9.59 Å². The molecule has 7 nitrogen and oxygen atoms in total. The summed E-state index contributed by atoms with van der Waals surface area (Å²) in [6.07, 6.45) is 3.09. The Morgan fingerprint density at radius 1 is 1.11 bits per heavy atom. The number of carbonyl (C=O) groups excluding carboxylic acids is 2. The number of aromatic nitrogens is 1. The number of nitrogens with one attached hydrogen (secondary N) is 1. The number of benzene rings is 2. The predicted octanol–water partition coefficient (Wildman–Crippen LogP) is 5.08. The van der Waals surface area contributed by atoms with E-state index >= 15 is 0 Å². The summed E-state index contributed by atoms with van der Waals surface area (Å²) in [5.74, 6) is 0.420. The molecular formula is C27H30Cl2N4O3S. The van der Waals surface area contributed by atoms with Gasteiger partial charge in [-0.15, -0.1) is 11.3 Å². The first-order valence-electron chi connectivity index (χ1n) is 12.3. The molecule has 2 amide bonds. The van der Waals surface area contributed by atoms with Crippen molar-refractivity contribution in [2.45, 2.75) is 44.7 Å². The molecule has 1 saturated heterocycles. The number of carbonyl (C=O) groups is 2. The van der Waals surface area contributed by atoms with E-state index in [0.29, 0.717) is 34.5 Å². The zero-order valence-corrected chi connectivity index (χ0v) is 22.7. The van der Waals surface area contributed by atoms with Gasteiger partial charge >= 0.3 is 0 Å². The van der Waals surface area contributed by atoms with E-state index in [2.05, 4.69) is 15.2 Å². The van der Waals surface area contributed by atoms with E-state index in [0.717, 1.165) is 55.0 Å². The van der Waals surface area contributed by atoms with E-state index < -0.39 is 0 Å². The number of nitrogens with two attached hydrogens (primary N) is 1. The zero-order chi connectivity index (χ0) is 26.2. The molecule has 0 radical (unpaired) electrons. The molecule has 1 aliphatic heterocycles. The molecule has 2 heterocycles. The Morgan fingerprint density at radius 3 is 2.57 bits per heavy atom. The second-order valence-corrected chi connectivity index (χ2v) is 10.9. The molecule has 0 unspecified atom stereocenters. The van der Waals surface area contributed by atoms with Gasteiger partial charge in [0.05, 0.1) is 28.8 Å². The molecule has 1 fully saturated rings. The normalized spacial score (nSPS) is 14.4. The van der Waals surface area contributed by atoms with Gasteiger partial charge in [0.15, 0.2) is 0 Å². The number of nitrogens with zero attached hydrogens (tertiary/aromatic N) is 2. The second-order valence-electron chi connectivity index (χ2n) is 9.11. The number of piperidine rings is 1. The van der Waals surface area contributed by atoms with Crippen molar-refractivity contribution in [2.75, 3.05) is 19.7 Å². The maximum absolute atomic E-state index is 12.4. The number of hydrogen-bond acceptors (Lipinski definition) is 6. The molecule has 0 saturated carbocycles. The van der Waals surface area contributed by atoms with Crippen LogP contribution < -0.4 is 15.8 Å². The molecule has 10 heteroatoms. The third kappa shape index (κ3) is 8.43. The Hall–Kier alpha value is -2.65. The molecule has 0 atom stereocenters. The van der Waals surface area contributed by atoms with Crippen molar-refractivity contribution >= 4 is 46.4 Å². The summed E-state index contributed by atoms with van der Waals surface area (Å²) < 4.78 is 5.80. The Labute approximate surface area is 230 Å². The molecule has 4 rings (SSSR count). The summed E-state index contributed by atoms with van der Waals surface area (Å²) >= 11 is 13.5. The van der Waals surface area contributed by atoms with Gasteiger partial charge in [0, 0.05) is 43.0 Å². The van der Waals surface area contributed by atoms with Crippen LogP contribution in [0.1, 0.15) is 36.3 Å². The Bertz CT molecular complexity index is 1210. The quantitative estimate of drug-likeness (QED) is 0.318. The summed E-state index contributed by atoms with van der Waals surface area (Å²) in [5, 5.41) is 6.92. The van der Waals surface area contributed by atoms with Crippen molar-refractivity contribution in [3.05, 3.63) is 68.5 Å². The topological polar surface area (TPSA) is 97.5 Å². The van der Waals surface area contributed by atoms with Crippen LogP contribution in [0.15, 0.2) is 47.8 Å². The molecule has 1 aromatic heterocycles. The van der Waals surface area contributed by atoms with E-state index in [4.69, 9.17) is 33.7 Å². The van der Waals surface area contributed by atoms with E-state index in [1.807, 2.05) is 47.8 Å². The first-order valence-corrected chi connectivity index (χ1v) is 13.9. The van der Waals surface area contributed by atoms with Crippen LogP contribution in [-0.2, 0) is 22.6 Å². The molecule has 3 N–H and O–H groups in total. The van der Waals surface area contributed by atoms with Crippen LogP contribution >= 0.6 is 34.5 Å². The van der Waals surface area contributed by atoms with Gasteiger partial charge < -0.3 is 15.8 Å². The molecule has 2 aromatic carbocycles. The number of likely N-dealkylation sites (tertiary alicyclic amines) is 1. The molecule has 196 valence electrons. The van der Waals surface area contributed by atoms with Crippen LogP contribution in [0.4, 0.5) is 0 Å². The molecular weight excluding hydrogens is 531 g/mol. The summed E-state index contributed by atoms with van der Waals surface area (Å²) in [6, 6.07) is 13.6. The molecule has 37 heavy (non-hydrogen) atoms. The first-order chi connectivity index (χ1) is 17.9. The lowest BCUT2D eigenvalue weighted by molar-refractivity contribution is -0.122. The average Bonchev–Trinajstić information content (AvgIpc) is 3.33. The van der Waals surface area contributed by atoms with Gasteiger partial charge in [-0.05, 0) is 61.2 Å². The Balaban J connectivity index is 1.11. The second kappa shape index (κ2) is 13.2. The van der Waals surface area contributed by atoms with Crippen molar-refractivity contribution in [1.82, 2.24) is 15.2 Å². The third-order valence-corrected chi connectivity index (χ3v) is 7.77. The van der Waals surface area contributed by atoms with Crippen molar-refractivity contribution in [2.24, 2.45) is 5.73 Å². The van der Waals surface area contributed by atoms with E-state index in [1.165, 1.54) is 11.3 Å². The zero-order valence-electron chi connectivity index (χ0n) is 20.4. The number of hydrogen-bond donors (Lipinski definition) is 2. The highest BCUT2D eigenvalue weighted by Crippen LogP contribution is 2.25. The van der Waals surface area contributed by atoms with Gasteiger partial charge in [-0.25, -0.2) is 4.98 Å². The number of thiazole rings is 1. The monoisotopic (exact) mass is 560 g/mol. The number of amides is 2. The lowest BCUT2D eigenvalue weighted by Crippen LogP contribution is -2.44. The summed E-state index contributed by atoms with van der Waals surface area (Å²) in [4.78, 5) is 30.3. The number of primary amides is 1. The fourth-order valence-corrected chi connectivity index (χ4v) is 5.38.